The molecule has 4 heteroatoms. The number of hydrogen-bond donors (Lipinski definition) is 3. The predicted octanol–water partition coefficient (Wildman–Crippen LogP) is 0.0540. The Bertz CT molecular complexity index is 314. The minimum atomic E-state index is -1.08. The van der Waals surface area contributed by atoms with Crippen LogP contribution in [-0.2, 0) is 4.79 Å². The number of benzene rings is 1. The Kier molecular flexibility index (Phi) is 4.27. The zero-order valence-electron chi connectivity index (χ0n) is 8.90. The molecule has 1 amide bonds. The third-order valence-electron chi connectivity index (χ3n) is 2.30. The molecular formula is C11H16N2O2. The van der Waals surface area contributed by atoms with Gasteiger partial charge in [0.1, 0.15) is 0 Å². The lowest BCUT2D eigenvalue weighted by Gasteiger charge is -2.21. The minimum absolute atomic E-state index is 0.383. The number of carbonyl (C=O) groups is 1. The molecule has 0 radical (unpaired) electrons. The van der Waals surface area contributed by atoms with E-state index in [0.29, 0.717) is 0 Å². The number of aliphatic hydroxyl groups is 1. The van der Waals surface area contributed by atoms with Crippen LogP contribution >= 0.6 is 0 Å². The normalized spacial score (nSPS) is 14.3. The summed E-state index contributed by atoms with van der Waals surface area (Å²) in [5.74, 6) is -0.391. The molecule has 0 unspecified atom stereocenters. The molecule has 1 rings (SSSR count). The van der Waals surface area contributed by atoms with Crippen LogP contribution < -0.4 is 10.6 Å². The van der Waals surface area contributed by atoms with Crippen LogP contribution in [0.5, 0.6) is 0 Å². The molecule has 0 aromatic heterocycles. The smallest absolute Gasteiger partial charge is 0.250 e. The molecule has 0 spiro atoms. The fraction of sp³-hybridized carbons (Fsp3) is 0.364. The average Bonchev–Trinajstić information content (AvgIpc) is 2.30. The van der Waals surface area contributed by atoms with Crippen molar-refractivity contribution < 1.29 is 9.90 Å². The van der Waals surface area contributed by atoms with Gasteiger partial charge in [-0.05, 0) is 12.6 Å². The number of aliphatic hydroxyl groups excluding tert-OH is 1. The van der Waals surface area contributed by atoms with Gasteiger partial charge in [-0.3, -0.25) is 4.79 Å². The maximum absolute atomic E-state index is 11.3. The topological polar surface area (TPSA) is 61.4 Å². The van der Waals surface area contributed by atoms with Crippen LogP contribution in [0.1, 0.15) is 11.6 Å². The zero-order chi connectivity index (χ0) is 11.3. The van der Waals surface area contributed by atoms with Crippen molar-refractivity contribution in [2.24, 2.45) is 0 Å². The van der Waals surface area contributed by atoms with Gasteiger partial charge in [-0.2, -0.15) is 0 Å². The molecular weight excluding hydrogens is 192 g/mol. The Morgan fingerprint density at radius 3 is 2.33 bits per heavy atom. The number of amides is 1. The maximum atomic E-state index is 11.3. The number of carbonyl (C=O) groups excluding carboxylic acids is 1. The lowest BCUT2D eigenvalue weighted by Crippen LogP contribution is -2.41. The van der Waals surface area contributed by atoms with E-state index < -0.39 is 12.0 Å². The van der Waals surface area contributed by atoms with E-state index in [1.54, 1.807) is 7.05 Å². The molecule has 0 aliphatic carbocycles. The van der Waals surface area contributed by atoms with E-state index in [1.807, 2.05) is 30.3 Å². The first kappa shape index (κ1) is 11.7. The molecule has 15 heavy (non-hydrogen) atoms. The molecule has 0 saturated carbocycles. The SMILES string of the molecule is CNC(=O)[C@@H](O)[C@@H](NC)c1ccccc1. The molecule has 0 heterocycles. The van der Waals surface area contributed by atoms with Crippen molar-refractivity contribution in [1.82, 2.24) is 10.6 Å². The third kappa shape index (κ3) is 2.78. The van der Waals surface area contributed by atoms with Crippen molar-refractivity contribution in [1.29, 1.82) is 0 Å². The lowest BCUT2D eigenvalue weighted by atomic mass is 10.0. The first-order valence-electron chi connectivity index (χ1n) is 4.82. The minimum Gasteiger partial charge on any atom is -0.381 e. The Morgan fingerprint density at radius 2 is 1.87 bits per heavy atom. The highest BCUT2D eigenvalue weighted by molar-refractivity contribution is 5.81. The van der Waals surface area contributed by atoms with Crippen molar-refractivity contribution in [3.63, 3.8) is 0 Å². The van der Waals surface area contributed by atoms with Gasteiger partial charge in [0.15, 0.2) is 6.10 Å². The summed E-state index contributed by atoms with van der Waals surface area (Å²) < 4.78 is 0. The van der Waals surface area contributed by atoms with Gasteiger partial charge in [-0.15, -0.1) is 0 Å². The third-order valence-corrected chi connectivity index (χ3v) is 2.30. The van der Waals surface area contributed by atoms with Gasteiger partial charge < -0.3 is 15.7 Å². The van der Waals surface area contributed by atoms with Gasteiger partial charge in [0.05, 0.1) is 6.04 Å². The molecule has 1 aromatic carbocycles. The second-order valence-electron chi connectivity index (χ2n) is 3.24. The summed E-state index contributed by atoms with van der Waals surface area (Å²) in [6, 6.07) is 8.99. The van der Waals surface area contributed by atoms with Crippen LogP contribution in [0.4, 0.5) is 0 Å². The largest absolute Gasteiger partial charge is 0.381 e. The molecule has 2 atom stereocenters. The fourth-order valence-corrected chi connectivity index (χ4v) is 1.47. The number of likely N-dealkylation sites (N-methyl/N-ethyl adjacent to an activating group) is 2. The van der Waals surface area contributed by atoms with Crippen molar-refractivity contribution in [3.8, 4) is 0 Å². The summed E-state index contributed by atoms with van der Waals surface area (Å²) in [7, 11) is 3.22. The first-order chi connectivity index (χ1) is 7.20. The number of hydrogen-bond acceptors (Lipinski definition) is 3. The van der Waals surface area contributed by atoms with Crippen molar-refractivity contribution in [2.45, 2.75) is 12.1 Å². The van der Waals surface area contributed by atoms with Crippen LogP contribution in [0.3, 0.4) is 0 Å². The Hall–Kier alpha value is -1.39. The van der Waals surface area contributed by atoms with Crippen LogP contribution in [0.2, 0.25) is 0 Å². The molecule has 0 aliphatic heterocycles. The number of nitrogens with one attached hydrogen (secondary N) is 2. The second-order valence-corrected chi connectivity index (χ2v) is 3.24. The highest BCUT2D eigenvalue weighted by atomic mass is 16.3. The molecule has 0 fully saturated rings. The Balaban J connectivity index is 2.85. The van der Waals surface area contributed by atoms with Crippen LogP contribution in [0.15, 0.2) is 30.3 Å². The van der Waals surface area contributed by atoms with Gasteiger partial charge in [0, 0.05) is 7.05 Å². The average molecular weight is 208 g/mol. The monoisotopic (exact) mass is 208 g/mol. The highest BCUT2D eigenvalue weighted by Gasteiger charge is 2.24. The van der Waals surface area contributed by atoms with Crippen LogP contribution in [0.25, 0.3) is 0 Å². The summed E-state index contributed by atoms with van der Waals surface area (Å²) in [5, 5.41) is 15.1. The maximum Gasteiger partial charge on any atom is 0.250 e. The summed E-state index contributed by atoms with van der Waals surface area (Å²) in [4.78, 5) is 11.3. The quantitative estimate of drug-likeness (QED) is 0.655. The van der Waals surface area contributed by atoms with Gasteiger partial charge in [-0.25, -0.2) is 0 Å². The van der Waals surface area contributed by atoms with Crippen LogP contribution in [0, 0.1) is 0 Å². The first-order valence-corrected chi connectivity index (χ1v) is 4.82. The summed E-state index contributed by atoms with van der Waals surface area (Å²) in [6.45, 7) is 0. The molecule has 82 valence electrons. The summed E-state index contributed by atoms with van der Waals surface area (Å²) in [5.41, 5.74) is 0.885. The molecule has 4 nitrogen and oxygen atoms in total. The van der Waals surface area contributed by atoms with E-state index in [4.69, 9.17) is 0 Å². The van der Waals surface area contributed by atoms with E-state index >= 15 is 0 Å². The lowest BCUT2D eigenvalue weighted by molar-refractivity contribution is -0.130. The Labute approximate surface area is 89.3 Å². The van der Waals surface area contributed by atoms with Crippen molar-refractivity contribution in [2.75, 3.05) is 14.1 Å². The molecule has 3 N–H and O–H groups in total. The van der Waals surface area contributed by atoms with Gasteiger partial charge in [-0.1, -0.05) is 30.3 Å². The Morgan fingerprint density at radius 1 is 1.27 bits per heavy atom. The predicted molar refractivity (Wildman–Crippen MR) is 58.3 cm³/mol. The van der Waals surface area contributed by atoms with E-state index in [1.165, 1.54) is 7.05 Å². The number of rotatable bonds is 4. The van der Waals surface area contributed by atoms with Gasteiger partial charge >= 0.3 is 0 Å². The van der Waals surface area contributed by atoms with E-state index in [-0.39, 0.29) is 6.04 Å². The summed E-state index contributed by atoms with van der Waals surface area (Å²) >= 11 is 0. The van der Waals surface area contributed by atoms with E-state index in [9.17, 15) is 9.90 Å². The van der Waals surface area contributed by atoms with E-state index in [0.717, 1.165) is 5.56 Å². The van der Waals surface area contributed by atoms with Crippen molar-refractivity contribution in [3.05, 3.63) is 35.9 Å². The van der Waals surface area contributed by atoms with Gasteiger partial charge in [0.2, 0.25) is 0 Å². The van der Waals surface area contributed by atoms with Crippen LogP contribution in [-0.4, -0.2) is 31.2 Å². The zero-order valence-corrected chi connectivity index (χ0v) is 8.90. The van der Waals surface area contributed by atoms with Crippen molar-refractivity contribution >= 4 is 5.91 Å². The fourth-order valence-electron chi connectivity index (χ4n) is 1.47. The highest BCUT2D eigenvalue weighted by Crippen LogP contribution is 2.16. The molecule has 1 aromatic rings. The molecule has 0 saturated heterocycles. The molecule has 0 bridgehead atoms. The second kappa shape index (κ2) is 5.48. The summed E-state index contributed by atoms with van der Waals surface area (Å²) in [6.07, 6.45) is -1.08. The molecule has 0 aliphatic rings. The van der Waals surface area contributed by atoms with E-state index in [2.05, 4.69) is 10.6 Å². The standard InChI is InChI=1S/C11H16N2O2/c1-12-9(10(14)11(15)13-2)8-6-4-3-5-7-8/h3-7,9-10,12,14H,1-2H3,(H,13,15)/t9-,10-/m0/s1. The van der Waals surface area contributed by atoms with Gasteiger partial charge in [0.25, 0.3) is 5.91 Å².